The first kappa shape index (κ1) is 5.61. The van der Waals surface area contributed by atoms with E-state index >= 15 is 0 Å². The maximum atomic E-state index is 4.99. The largest absolute Gasteiger partial charge is 0.352 e. The van der Waals surface area contributed by atoms with Crippen molar-refractivity contribution in [3.05, 3.63) is 23.1 Å². The summed E-state index contributed by atoms with van der Waals surface area (Å²) in [6, 6.07) is 1.90. The highest BCUT2D eigenvalue weighted by Gasteiger charge is 1.93. The summed E-state index contributed by atoms with van der Waals surface area (Å²) in [5.41, 5.74) is 0.976. The third-order valence-electron chi connectivity index (χ3n) is 1.38. The van der Waals surface area contributed by atoms with E-state index in [1.165, 1.54) is 0 Å². The second-order valence-corrected chi connectivity index (χ2v) is 2.41. The average Bonchev–Trinajstić information content (AvgIpc) is 2.36. The van der Waals surface area contributed by atoms with Crippen LogP contribution in [0.3, 0.4) is 0 Å². The lowest BCUT2D eigenvalue weighted by molar-refractivity contribution is 1.12. The topological polar surface area (TPSA) is 44.5 Å². The van der Waals surface area contributed by atoms with Crippen molar-refractivity contribution in [2.24, 2.45) is 0 Å². The lowest BCUT2D eigenvalue weighted by Crippen LogP contribution is -1.72. The van der Waals surface area contributed by atoms with Gasteiger partial charge in [-0.1, -0.05) is 12.2 Å². The van der Waals surface area contributed by atoms with Gasteiger partial charge in [-0.2, -0.15) is 5.10 Å². The molecule has 2 aromatic heterocycles. The molecule has 10 heavy (non-hydrogen) atoms. The number of rotatable bonds is 0. The lowest BCUT2D eigenvalue weighted by Gasteiger charge is -1.84. The van der Waals surface area contributed by atoms with Crippen LogP contribution in [0.4, 0.5) is 0 Å². The molecule has 50 valence electrons. The van der Waals surface area contributed by atoms with Crippen molar-refractivity contribution in [3.8, 4) is 0 Å². The van der Waals surface area contributed by atoms with E-state index in [0.717, 1.165) is 15.5 Å². The normalized spacial score (nSPS) is 10.4. The first-order valence-electron chi connectivity index (χ1n) is 2.89. The number of aromatic amines is 2. The Morgan fingerprint density at radius 1 is 1.50 bits per heavy atom. The molecule has 0 bridgehead atoms. The zero-order chi connectivity index (χ0) is 6.97. The van der Waals surface area contributed by atoms with E-state index in [1.807, 2.05) is 6.07 Å². The van der Waals surface area contributed by atoms with Crippen molar-refractivity contribution in [1.29, 1.82) is 0 Å². The van der Waals surface area contributed by atoms with Crippen LogP contribution in [0, 0.1) is 4.64 Å². The van der Waals surface area contributed by atoms with Crippen LogP contribution in [0.15, 0.2) is 18.5 Å². The summed E-state index contributed by atoms with van der Waals surface area (Å²) < 4.78 is 0.728. The molecule has 4 heteroatoms. The molecule has 0 aliphatic heterocycles. The van der Waals surface area contributed by atoms with Crippen LogP contribution in [0.1, 0.15) is 0 Å². The number of hydrogen-bond donors (Lipinski definition) is 2. The predicted octanol–water partition coefficient (Wildman–Crippen LogP) is 1.62. The molecule has 2 aromatic rings. The number of nitrogens with one attached hydrogen (secondary N) is 2. The molecular weight excluding hydrogens is 146 g/mol. The van der Waals surface area contributed by atoms with Crippen LogP contribution in [-0.2, 0) is 0 Å². The van der Waals surface area contributed by atoms with Crippen molar-refractivity contribution in [2.45, 2.75) is 0 Å². The van der Waals surface area contributed by atoms with Gasteiger partial charge in [-0.15, -0.1) is 0 Å². The van der Waals surface area contributed by atoms with Crippen LogP contribution in [-0.4, -0.2) is 15.2 Å². The zero-order valence-electron chi connectivity index (χ0n) is 5.09. The standard InChI is InChI=1S/C6H5N3S/c10-6-4-3-8-9-5(4)1-2-7-6/h1-3H,(H,7,10)(H,8,9). The highest BCUT2D eigenvalue weighted by molar-refractivity contribution is 7.71. The van der Waals surface area contributed by atoms with Crippen LogP contribution in [0.25, 0.3) is 10.9 Å². The Morgan fingerprint density at radius 3 is 3.20 bits per heavy atom. The fraction of sp³-hybridized carbons (Fsp3) is 0. The monoisotopic (exact) mass is 151 g/mol. The van der Waals surface area contributed by atoms with E-state index < -0.39 is 0 Å². The van der Waals surface area contributed by atoms with Gasteiger partial charge in [0.1, 0.15) is 4.64 Å². The SMILES string of the molecule is S=c1[nH]ccc2[nH]ncc12. The molecule has 0 spiro atoms. The highest BCUT2D eigenvalue weighted by atomic mass is 32.1. The molecule has 2 N–H and O–H groups in total. The van der Waals surface area contributed by atoms with Gasteiger partial charge in [0, 0.05) is 6.20 Å². The quantitative estimate of drug-likeness (QED) is 0.562. The van der Waals surface area contributed by atoms with E-state index in [4.69, 9.17) is 12.2 Å². The van der Waals surface area contributed by atoms with Gasteiger partial charge < -0.3 is 4.98 Å². The first-order valence-corrected chi connectivity index (χ1v) is 3.29. The summed E-state index contributed by atoms with van der Waals surface area (Å²) >= 11 is 4.99. The molecule has 0 aliphatic rings. The Bertz CT molecular complexity index is 400. The maximum absolute atomic E-state index is 4.99. The van der Waals surface area contributed by atoms with Crippen molar-refractivity contribution < 1.29 is 0 Å². The van der Waals surface area contributed by atoms with E-state index in [0.29, 0.717) is 0 Å². The Hall–Kier alpha value is -1.16. The Labute approximate surface area is 62.1 Å². The summed E-state index contributed by atoms with van der Waals surface area (Å²) in [4.78, 5) is 2.92. The van der Waals surface area contributed by atoms with Crippen LogP contribution in [0.2, 0.25) is 0 Å². The third-order valence-corrected chi connectivity index (χ3v) is 1.72. The van der Waals surface area contributed by atoms with E-state index in [1.54, 1.807) is 12.4 Å². The summed E-state index contributed by atoms with van der Waals surface area (Å²) in [6.07, 6.45) is 3.51. The van der Waals surface area contributed by atoms with E-state index in [-0.39, 0.29) is 0 Å². The minimum atomic E-state index is 0.728. The molecular formula is C6H5N3S. The minimum Gasteiger partial charge on any atom is -0.352 e. The summed E-state index contributed by atoms with van der Waals surface area (Å²) in [6.45, 7) is 0. The Kier molecular flexibility index (Phi) is 1.07. The third kappa shape index (κ3) is 0.657. The molecule has 3 nitrogen and oxygen atoms in total. The first-order chi connectivity index (χ1) is 4.88. The number of aromatic nitrogens is 3. The highest BCUT2D eigenvalue weighted by Crippen LogP contribution is 2.07. The molecule has 0 saturated carbocycles. The van der Waals surface area contributed by atoms with Gasteiger partial charge in [0.05, 0.1) is 17.1 Å². The summed E-state index contributed by atoms with van der Waals surface area (Å²) in [7, 11) is 0. The van der Waals surface area contributed by atoms with E-state index in [9.17, 15) is 0 Å². The van der Waals surface area contributed by atoms with Crippen molar-refractivity contribution in [3.63, 3.8) is 0 Å². The van der Waals surface area contributed by atoms with Gasteiger partial charge in [0.25, 0.3) is 0 Å². The minimum absolute atomic E-state index is 0.728. The van der Waals surface area contributed by atoms with Gasteiger partial charge in [-0.05, 0) is 6.07 Å². The number of nitrogens with zero attached hydrogens (tertiary/aromatic N) is 1. The van der Waals surface area contributed by atoms with Crippen molar-refractivity contribution in [2.75, 3.05) is 0 Å². The molecule has 0 aromatic carbocycles. The molecule has 0 saturated heterocycles. The number of hydrogen-bond acceptors (Lipinski definition) is 2. The molecule has 2 rings (SSSR count). The van der Waals surface area contributed by atoms with Crippen LogP contribution < -0.4 is 0 Å². The summed E-state index contributed by atoms with van der Waals surface area (Å²) in [5.74, 6) is 0. The summed E-state index contributed by atoms with van der Waals surface area (Å²) in [5, 5.41) is 7.64. The molecule has 0 radical (unpaired) electrons. The van der Waals surface area contributed by atoms with Gasteiger partial charge >= 0.3 is 0 Å². The van der Waals surface area contributed by atoms with Crippen molar-refractivity contribution >= 4 is 23.1 Å². The van der Waals surface area contributed by atoms with Crippen LogP contribution >= 0.6 is 12.2 Å². The Morgan fingerprint density at radius 2 is 2.40 bits per heavy atom. The van der Waals surface area contributed by atoms with Crippen molar-refractivity contribution in [1.82, 2.24) is 15.2 Å². The molecule has 0 unspecified atom stereocenters. The fourth-order valence-corrected chi connectivity index (χ4v) is 1.11. The van der Waals surface area contributed by atoms with Crippen LogP contribution in [0.5, 0.6) is 0 Å². The second kappa shape index (κ2) is 1.91. The van der Waals surface area contributed by atoms with Gasteiger partial charge in [0.15, 0.2) is 0 Å². The fourth-order valence-electron chi connectivity index (χ4n) is 0.883. The number of pyridine rings is 1. The van der Waals surface area contributed by atoms with Gasteiger partial charge in [0.2, 0.25) is 0 Å². The van der Waals surface area contributed by atoms with E-state index in [2.05, 4.69) is 15.2 Å². The molecule has 0 fully saturated rings. The molecule has 0 atom stereocenters. The number of H-pyrrole nitrogens is 2. The molecule has 0 aliphatic carbocycles. The predicted molar refractivity (Wildman–Crippen MR) is 41.3 cm³/mol. The average molecular weight is 151 g/mol. The molecule has 2 heterocycles. The van der Waals surface area contributed by atoms with Gasteiger partial charge in [-0.3, -0.25) is 5.10 Å². The van der Waals surface area contributed by atoms with Gasteiger partial charge in [-0.25, -0.2) is 0 Å². The Balaban J connectivity index is 3.09. The second-order valence-electron chi connectivity index (χ2n) is 2.00. The zero-order valence-corrected chi connectivity index (χ0v) is 5.90. The number of fused-ring (bicyclic) bond motifs is 1. The molecule has 0 amide bonds. The lowest BCUT2D eigenvalue weighted by atomic mass is 10.3. The maximum Gasteiger partial charge on any atom is 0.114 e. The smallest absolute Gasteiger partial charge is 0.114 e.